The molecule has 0 radical (unpaired) electrons. The summed E-state index contributed by atoms with van der Waals surface area (Å²) in [7, 11) is 0. The summed E-state index contributed by atoms with van der Waals surface area (Å²) in [4.78, 5) is 37.4. The van der Waals surface area contributed by atoms with E-state index in [4.69, 9.17) is 23.7 Å². The van der Waals surface area contributed by atoms with Crippen molar-refractivity contribution < 1.29 is 38.1 Å². The molecule has 3 fully saturated rings. The lowest BCUT2D eigenvalue weighted by molar-refractivity contribution is -0.390. The Labute approximate surface area is 332 Å². The van der Waals surface area contributed by atoms with Gasteiger partial charge in [-0.15, -0.1) is 0 Å². The van der Waals surface area contributed by atoms with E-state index in [1.807, 2.05) is 13.8 Å². The summed E-state index contributed by atoms with van der Waals surface area (Å²) >= 11 is 0. The number of aryl methyl sites for hydroxylation is 2. The number of nitrogens with zero attached hydrogens (tertiary/aromatic N) is 1. The molecule has 3 aliphatic heterocycles. The van der Waals surface area contributed by atoms with Crippen LogP contribution in [0.5, 0.6) is 0 Å². The van der Waals surface area contributed by atoms with E-state index in [0.29, 0.717) is 19.4 Å². The highest BCUT2D eigenvalue weighted by Gasteiger charge is 2.68. The first kappa shape index (κ1) is 33.5. The molecular formula is C49H41NO8. The molecule has 6 aliphatic rings. The second kappa shape index (κ2) is 10.8. The van der Waals surface area contributed by atoms with Crippen LogP contribution in [0.3, 0.4) is 0 Å². The Hall–Kier alpha value is -5.51. The molecule has 58 heavy (non-hydrogen) atoms. The topological polar surface area (TPSA) is 102 Å². The summed E-state index contributed by atoms with van der Waals surface area (Å²) in [6, 6.07) is 14.6. The molecule has 9 nitrogen and oxygen atoms in total. The number of benzene rings is 7. The lowest BCUT2D eigenvalue weighted by Crippen LogP contribution is -2.74. The number of carbonyl (C=O) groups is 3. The van der Waals surface area contributed by atoms with Gasteiger partial charge < -0.3 is 28.3 Å². The predicted octanol–water partition coefficient (Wildman–Crippen LogP) is 9.10. The molecule has 1 saturated carbocycles. The smallest absolute Gasteiger partial charge is 0.303 e. The molecule has 3 aliphatic carbocycles. The molecule has 0 N–H and O–H groups in total. The fourth-order valence-electron chi connectivity index (χ4n) is 12.9. The summed E-state index contributed by atoms with van der Waals surface area (Å²) < 4.78 is 33.3. The zero-order valence-corrected chi connectivity index (χ0v) is 33.2. The first-order valence-corrected chi connectivity index (χ1v) is 21.0. The third kappa shape index (κ3) is 3.71. The van der Waals surface area contributed by atoms with Gasteiger partial charge in [0.25, 0.3) is 0 Å². The third-order valence-corrected chi connectivity index (χ3v) is 14.5. The standard InChI is InChI=1S/C47H35NO8.C2H6/c1-19(49)54-44-45(55-20(2)50)47(9-8-46(44,18-53-47)56-21(3)51)52-11-10-48-42-24-6-7-25-15-29-17-27-13-23-5-4-22-12-26-16-28(14-24)34-32(26)36-30(22)31(23)37-33(27)35(29)41(43(25)48)39(38(36)37)40(34)42;1-2/h4-5,12-15,44-45H,6-11,16-18H2,1-3H3;1-2H3. The summed E-state index contributed by atoms with van der Waals surface area (Å²) in [6.07, 6.45) is 2.21. The first-order valence-electron chi connectivity index (χ1n) is 21.0. The van der Waals surface area contributed by atoms with E-state index in [-0.39, 0.29) is 13.2 Å². The van der Waals surface area contributed by atoms with E-state index >= 15 is 0 Å². The van der Waals surface area contributed by atoms with Crippen LogP contribution in [0, 0.1) is 0 Å². The van der Waals surface area contributed by atoms with E-state index in [9.17, 15) is 14.4 Å². The van der Waals surface area contributed by atoms with Crippen LogP contribution >= 0.6 is 0 Å². The van der Waals surface area contributed by atoms with Crippen LogP contribution in [-0.2, 0) is 70.3 Å². The Morgan fingerprint density at radius 3 is 1.64 bits per heavy atom. The van der Waals surface area contributed by atoms with Gasteiger partial charge in [0, 0.05) is 55.3 Å². The highest BCUT2D eigenvalue weighted by Crippen LogP contribution is 2.61. The maximum absolute atomic E-state index is 12.6. The molecule has 4 unspecified atom stereocenters. The van der Waals surface area contributed by atoms with E-state index < -0.39 is 41.5 Å². The van der Waals surface area contributed by atoms with Crippen LogP contribution in [0.25, 0.3) is 86.4 Å². The van der Waals surface area contributed by atoms with Gasteiger partial charge in [-0.05, 0) is 119 Å². The lowest BCUT2D eigenvalue weighted by atomic mass is 9.73. The van der Waals surface area contributed by atoms with Crippen LogP contribution in [0.1, 0.15) is 80.8 Å². The molecule has 4 bridgehead atoms. The van der Waals surface area contributed by atoms with Gasteiger partial charge in [0.15, 0.2) is 17.8 Å². The van der Waals surface area contributed by atoms with Gasteiger partial charge in [0.05, 0.1) is 24.2 Å². The van der Waals surface area contributed by atoms with Crippen molar-refractivity contribution in [1.82, 2.24) is 4.57 Å². The lowest BCUT2D eigenvalue weighted by Gasteiger charge is -2.57. The molecular weight excluding hydrogens is 731 g/mol. The van der Waals surface area contributed by atoms with Crippen LogP contribution in [0.15, 0.2) is 36.4 Å². The summed E-state index contributed by atoms with van der Waals surface area (Å²) in [6.45, 7) is 8.65. The monoisotopic (exact) mass is 771 g/mol. The second-order valence-corrected chi connectivity index (χ2v) is 17.3. The maximum atomic E-state index is 12.6. The van der Waals surface area contributed by atoms with E-state index in [1.54, 1.807) is 0 Å². The minimum atomic E-state index is -1.39. The Kier molecular flexibility index (Phi) is 6.20. The van der Waals surface area contributed by atoms with Gasteiger partial charge in [-0.1, -0.05) is 50.2 Å². The van der Waals surface area contributed by atoms with Crippen LogP contribution in [-0.4, -0.2) is 59.3 Å². The Balaban J connectivity index is 0.00000173. The largest absolute Gasteiger partial charge is 0.454 e. The van der Waals surface area contributed by atoms with Crippen molar-refractivity contribution in [3.05, 3.63) is 69.8 Å². The summed E-state index contributed by atoms with van der Waals surface area (Å²) in [5, 5.41) is 19.9. The molecule has 1 aromatic heterocycles. The van der Waals surface area contributed by atoms with E-state index in [0.717, 1.165) is 25.7 Å². The number of hydrogen-bond acceptors (Lipinski definition) is 8. The van der Waals surface area contributed by atoms with Crippen molar-refractivity contribution in [2.75, 3.05) is 13.2 Å². The zero-order valence-electron chi connectivity index (χ0n) is 33.2. The Morgan fingerprint density at radius 2 is 1.12 bits per heavy atom. The molecule has 4 atom stereocenters. The Bertz CT molecular complexity index is 3160. The molecule has 8 aromatic carbocycles. The SMILES string of the molecule is CC.CC(=O)OC1C(OC(C)=O)C2(OCCn3c4c5cc6c7c8c(cc9ccc%10cc%11c%12c%13c(cc(c3c%13c(c3c8c9c%10c%123)c74)CC5)C%11)C6)CCC1(OC(C)=O)CO2. The summed E-state index contributed by atoms with van der Waals surface area (Å²) in [5.41, 5.74) is 9.78. The molecule has 290 valence electrons. The molecule has 9 heteroatoms. The first-order chi connectivity index (χ1) is 28.1. The average molecular weight is 772 g/mol. The molecule has 15 rings (SSSR count). The van der Waals surface area contributed by atoms with Crippen molar-refractivity contribution in [2.45, 2.75) is 103 Å². The van der Waals surface area contributed by atoms with Crippen LogP contribution in [0.4, 0.5) is 0 Å². The van der Waals surface area contributed by atoms with Gasteiger partial charge in [0.2, 0.25) is 5.79 Å². The fraction of sp³-hybridized carbons (Fsp3) is 0.367. The number of aromatic nitrogens is 1. The van der Waals surface area contributed by atoms with Gasteiger partial charge in [-0.2, -0.15) is 0 Å². The van der Waals surface area contributed by atoms with E-state index in [2.05, 4.69) is 41.0 Å². The molecule has 0 spiro atoms. The highest BCUT2D eigenvalue weighted by atomic mass is 16.7. The van der Waals surface area contributed by atoms with Crippen molar-refractivity contribution in [3.63, 3.8) is 0 Å². The average Bonchev–Trinajstić information content (AvgIpc) is 3.85. The third-order valence-electron chi connectivity index (χ3n) is 14.5. The Morgan fingerprint density at radius 1 is 0.621 bits per heavy atom. The molecule has 9 aromatic rings. The number of pyridine rings is 1. The summed E-state index contributed by atoms with van der Waals surface area (Å²) in [5.74, 6) is -3.07. The zero-order chi connectivity index (χ0) is 39.3. The minimum absolute atomic E-state index is 0.0480. The van der Waals surface area contributed by atoms with Crippen LogP contribution in [0.2, 0.25) is 0 Å². The van der Waals surface area contributed by atoms with Gasteiger partial charge in [0.1, 0.15) is 0 Å². The second-order valence-electron chi connectivity index (χ2n) is 17.3. The molecule has 0 amide bonds. The number of rotatable bonds is 7. The number of carbonyl (C=O) groups excluding carboxylic acids is 3. The predicted molar refractivity (Wildman–Crippen MR) is 223 cm³/mol. The van der Waals surface area contributed by atoms with Crippen molar-refractivity contribution >= 4 is 104 Å². The molecule has 2 saturated heterocycles. The van der Waals surface area contributed by atoms with Crippen LogP contribution < -0.4 is 0 Å². The van der Waals surface area contributed by atoms with Gasteiger partial charge >= 0.3 is 17.9 Å². The van der Waals surface area contributed by atoms with Gasteiger partial charge in [-0.25, -0.2) is 0 Å². The van der Waals surface area contributed by atoms with E-state index in [1.165, 1.54) is 141 Å². The van der Waals surface area contributed by atoms with Crippen molar-refractivity contribution in [2.24, 2.45) is 0 Å². The quantitative estimate of drug-likeness (QED) is 0.0685. The van der Waals surface area contributed by atoms with Crippen molar-refractivity contribution in [3.8, 4) is 0 Å². The number of esters is 3. The van der Waals surface area contributed by atoms with Crippen molar-refractivity contribution in [1.29, 1.82) is 0 Å². The highest BCUT2D eigenvalue weighted by molar-refractivity contribution is 6.55. The number of fused-ring (bicyclic) bond motifs is 3. The maximum Gasteiger partial charge on any atom is 0.303 e. The number of ether oxygens (including phenoxy) is 5. The number of hydrogen-bond donors (Lipinski definition) is 0. The van der Waals surface area contributed by atoms with Gasteiger partial charge in [-0.3, -0.25) is 14.4 Å². The fourth-order valence-corrected chi connectivity index (χ4v) is 12.9. The minimum Gasteiger partial charge on any atom is -0.454 e. The normalized spacial score (nSPS) is 23.9. The molecule has 4 heterocycles.